The van der Waals surface area contributed by atoms with E-state index in [0.29, 0.717) is 23.6 Å². The minimum atomic E-state index is -4.33. The molecule has 4 rings (SSSR count). The topological polar surface area (TPSA) is 41.3 Å². The van der Waals surface area contributed by atoms with Crippen LogP contribution in [-0.4, -0.2) is 43.2 Å². The van der Waals surface area contributed by atoms with Crippen LogP contribution in [0.25, 0.3) is 11.1 Å². The van der Waals surface area contributed by atoms with Gasteiger partial charge in [0.2, 0.25) is 0 Å². The van der Waals surface area contributed by atoms with E-state index in [1.54, 1.807) is 6.07 Å². The zero-order valence-electron chi connectivity index (χ0n) is 15.8. The lowest BCUT2D eigenvalue weighted by Crippen LogP contribution is -2.33. The number of rotatable bonds is 6. The van der Waals surface area contributed by atoms with Crippen LogP contribution in [0, 0.1) is 0 Å². The zero-order valence-corrected chi connectivity index (χ0v) is 15.8. The third-order valence-electron chi connectivity index (χ3n) is 5.79. The molecular formula is C22H26F3N3. The van der Waals surface area contributed by atoms with Gasteiger partial charge in [-0.2, -0.15) is 13.2 Å². The predicted octanol–water partition coefficient (Wildman–Crippen LogP) is 3.85. The van der Waals surface area contributed by atoms with Crippen LogP contribution in [0.3, 0.4) is 0 Å². The van der Waals surface area contributed by atoms with Crippen LogP contribution in [0.5, 0.6) is 0 Å². The Bertz CT molecular complexity index is 821. The van der Waals surface area contributed by atoms with Crippen LogP contribution in [0.1, 0.15) is 29.9 Å². The van der Waals surface area contributed by atoms with Gasteiger partial charge < -0.3 is 16.0 Å². The Kier molecular flexibility index (Phi) is 5.45. The highest BCUT2D eigenvalue weighted by molar-refractivity contribution is 5.69. The summed E-state index contributed by atoms with van der Waals surface area (Å²) >= 11 is 0. The number of halogens is 3. The van der Waals surface area contributed by atoms with Crippen LogP contribution in [0.2, 0.25) is 0 Å². The monoisotopic (exact) mass is 389 g/mol. The van der Waals surface area contributed by atoms with Crippen molar-refractivity contribution in [2.45, 2.75) is 37.0 Å². The summed E-state index contributed by atoms with van der Waals surface area (Å²) in [5.74, 6) is 0.353. The lowest BCUT2D eigenvalue weighted by Gasteiger charge is -2.16. The number of nitrogens with zero attached hydrogens (tertiary/aromatic N) is 1. The van der Waals surface area contributed by atoms with E-state index in [2.05, 4.69) is 10.2 Å². The predicted molar refractivity (Wildman–Crippen MR) is 105 cm³/mol. The lowest BCUT2D eigenvalue weighted by atomic mass is 9.95. The Hall–Kier alpha value is -1.89. The summed E-state index contributed by atoms with van der Waals surface area (Å²) in [7, 11) is 0. The number of nitrogens with two attached hydrogens (primary N) is 1. The number of hydrogen-bond donors (Lipinski definition) is 2. The van der Waals surface area contributed by atoms with E-state index in [9.17, 15) is 13.2 Å². The molecule has 1 saturated heterocycles. The molecule has 2 aromatic carbocycles. The van der Waals surface area contributed by atoms with Crippen LogP contribution in [-0.2, 0) is 6.18 Å². The average molecular weight is 389 g/mol. The number of likely N-dealkylation sites (tertiary alicyclic amines) is 1. The van der Waals surface area contributed by atoms with Crippen LogP contribution < -0.4 is 11.1 Å². The second-order valence-corrected chi connectivity index (χ2v) is 7.92. The summed E-state index contributed by atoms with van der Waals surface area (Å²) < 4.78 is 39.3. The highest BCUT2D eigenvalue weighted by atomic mass is 19.4. The molecule has 1 heterocycles. The van der Waals surface area contributed by atoms with Crippen molar-refractivity contribution in [3.8, 4) is 11.1 Å². The minimum absolute atomic E-state index is 0.299. The molecule has 2 aliphatic rings. The van der Waals surface area contributed by atoms with Gasteiger partial charge in [-0.1, -0.05) is 36.4 Å². The second-order valence-electron chi connectivity index (χ2n) is 7.92. The van der Waals surface area contributed by atoms with E-state index >= 15 is 0 Å². The van der Waals surface area contributed by atoms with E-state index in [-0.39, 0.29) is 0 Å². The standard InChI is InChI=1S/C22H26F3N3/c23-22(24,25)16-5-3-4-15(12-16)18-6-1-2-7-19(18)20-13-21(20)27-9-11-28-10-8-17(26)14-28/h1-7,12,17,20-21,27H,8-11,13-14,26H2. The summed E-state index contributed by atoms with van der Waals surface area (Å²) in [6.45, 7) is 3.94. The zero-order chi connectivity index (χ0) is 19.7. The summed E-state index contributed by atoms with van der Waals surface area (Å²) in [6, 6.07) is 14.1. The molecule has 0 bridgehead atoms. The van der Waals surface area contributed by atoms with Gasteiger partial charge in [-0.25, -0.2) is 0 Å². The van der Waals surface area contributed by atoms with Crippen molar-refractivity contribution in [3.05, 3.63) is 59.7 Å². The molecule has 1 saturated carbocycles. The maximum atomic E-state index is 13.1. The SMILES string of the molecule is NC1CCN(CCNC2CC2c2ccccc2-c2cccc(C(F)(F)F)c2)C1. The average Bonchev–Trinajstić information content (AvgIpc) is 3.33. The molecule has 0 radical (unpaired) electrons. The van der Waals surface area contributed by atoms with Crippen LogP contribution >= 0.6 is 0 Å². The first-order valence-electron chi connectivity index (χ1n) is 9.89. The van der Waals surface area contributed by atoms with Crippen molar-refractivity contribution in [3.63, 3.8) is 0 Å². The van der Waals surface area contributed by atoms with Crippen molar-refractivity contribution < 1.29 is 13.2 Å². The van der Waals surface area contributed by atoms with Gasteiger partial charge in [0.1, 0.15) is 0 Å². The maximum absolute atomic E-state index is 13.1. The first-order valence-corrected chi connectivity index (χ1v) is 9.89. The Morgan fingerprint density at radius 2 is 1.93 bits per heavy atom. The summed E-state index contributed by atoms with van der Waals surface area (Å²) in [6.07, 6.45) is -2.24. The molecule has 2 fully saturated rings. The molecule has 150 valence electrons. The van der Waals surface area contributed by atoms with Crippen molar-refractivity contribution in [2.75, 3.05) is 26.2 Å². The van der Waals surface area contributed by atoms with Gasteiger partial charge in [0.15, 0.2) is 0 Å². The molecule has 28 heavy (non-hydrogen) atoms. The van der Waals surface area contributed by atoms with Crippen molar-refractivity contribution >= 4 is 0 Å². The van der Waals surface area contributed by atoms with Gasteiger partial charge in [0, 0.05) is 37.6 Å². The Morgan fingerprint density at radius 3 is 2.68 bits per heavy atom. The van der Waals surface area contributed by atoms with Gasteiger partial charge in [0.05, 0.1) is 5.56 Å². The van der Waals surface area contributed by atoms with Gasteiger partial charge in [-0.05, 0) is 48.2 Å². The molecule has 0 aromatic heterocycles. The van der Waals surface area contributed by atoms with Crippen molar-refractivity contribution in [2.24, 2.45) is 5.73 Å². The highest BCUT2D eigenvalue weighted by Crippen LogP contribution is 2.45. The van der Waals surface area contributed by atoms with Gasteiger partial charge >= 0.3 is 6.18 Å². The molecule has 3 nitrogen and oxygen atoms in total. The fourth-order valence-electron chi connectivity index (χ4n) is 4.18. The highest BCUT2D eigenvalue weighted by Gasteiger charge is 2.39. The van der Waals surface area contributed by atoms with Crippen molar-refractivity contribution in [1.29, 1.82) is 0 Å². The fourth-order valence-corrected chi connectivity index (χ4v) is 4.18. The van der Waals surface area contributed by atoms with Gasteiger partial charge in [0.25, 0.3) is 0 Å². The molecular weight excluding hydrogens is 363 g/mol. The lowest BCUT2D eigenvalue weighted by molar-refractivity contribution is -0.137. The maximum Gasteiger partial charge on any atom is 0.416 e. The molecule has 2 aromatic rings. The first kappa shape index (κ1) is 19.4. The van der Waals surface area contributed by atoms with E-state index in [0.717, 1.165) is 56.2 Å². The van der Waals surface area contributed by atoms with Gasteiger partial charge in [-0.3, -0.25) is 0 Å². The fraction of sp³-hybridized carbons (Fsp3) is 0.455. The van der Waals surface area contributed by atoms with Gasteiger partial charge in [-0.15, -0.1) is 0 Å². The quantitative estimate of drug-likeness (QED) is 0.789. The number of benzene rings is 2. The normalized spacial score (nSPS) is 25.2. The van der Waals surface area contributed by atoms with Crippen LogP contribution in [0.4, 0.5) is 13.2 Å². The van der Waals surface area contributed by atoms with E-state index in [1.807, 2.05) is 24.3 Å². The molecule has 3 N–H and O–H groups in total. The summed E-state index contributed by atoms with van der Waals surface area (Å²) in [5.41, 5.74) is 7.99. The van der Waals surface area contributed by atoms with Crippen molar-refractivity contribution in [1.82, 2.24) is 10.2 Å². The Labute approximate surface area is 163 Å². The molecule has 3 unspecified atom stereocenters. The van der Waals surface area contributed by atoms with E-state index < -0.39 is 11.7 Å². The molecule has 6 heteroatoms. The molecule has 0 spiro atoms. The number of hydrogen-bond acceptors (Lipinski definition) is 3. The Balaban J connectivity index is 1.42. The number of alkyl halides is 3. The van der Waals surface area contributed by atoms with E-state index in [4.69, 9.17) is 5.73 Å². The largest absolute Gasteiger partial charge is 0.416 e. The molecule has 0 amide bonds. The van der Waals surface area contributed by atoms with Crippen LogP contribution in [0.15, 0.2) is 48.5 Å². The minimum Gasteiger partial charge on any atom is -0.326 e. The van der Waals surface area contributed by atoms with E-state index in [1.165, 1.54) is 12.1 Å². The third kappa shape index (κ3) is 4.40. The second kappa shape index (κ2) is 7.85. The third-order valence-corrected chi connectivity index (χ3v) is 5.79. The number of nitrogens with one attached hydrogen (secondary N) is 1. The Morgan fingerprint density at radius 1 is 1.11 bits per heavy atom. The molecule has 1 aliphatic carbocycles. The summed E-state index contributed by atoms with van der Waals surface area (Å²) in [5, 5.41) is 3.60. The summed E-state index contributed by atoms with van der Waals surface area (Å²) in [4.78, 5) is 2.38. The first-order chi connectivity index (χ1) is 13.4. The molecule has 3 atom stereocenters. The molecule has 1 aliphatic heterocycles. The smallest absolute Gasteiger partial charge is 0.326 e.